The quantitative estimate of drug-likeness (QED) is 0.648. The number of nitrogens with zero attached hydrogens (tertiary/aromatic N) is 2. The third kappa shape index (κ3) is 1.59. The Balaban J connectivity index is 2.25. The number of rotatable bonds is 1. The smallest absolute Gasteiger partial charge is 0.0388 e. The van der Waals surface area contributed by atoms with Gasteiger partial charge in [-0.25, -0.2) is 0 Å². The Morgan fingerprint density at radius 3 is 3.00 bits per heavy atom. The molecule has 1 fully saturated rings. The average Bonchev–Trinajstić information content (AvgIpc) is 2.48. The molecule has 0 N–H and O–H groups in total. The third-order valence-corrected chi connectivity index (χ3v) is 2.80. The molecule has 0 bridgehead atoms. The molecule has 2 heteroatoms. The van der Waals surface area contributed by atoms with Crippen LogP contribution in [0.3, 0.4) is 0 Å². The van der Waals surface area contributed by atoms with E-state index in [1.54, 1.807) is 0 Å². The van der Waals surface area contributed by atoms with Gasteiger partial charge in [-0.2, -0.15) is 0 Å². The molecule has 13 heavy (non-hydrogen) atoms. The normalized spacial score (nSPS) is 29.4. The Labute approximate surface area is 79.6 Å². The summed E-state index contributed by atoms with van der Waals surface area (Å²) in [5, 5.41) is 0. The molecule has 0 saturated carbocycles. The molecule has 69 valence electrons. The summed E-state index contributed by atoms with van der Waals surface area (Å²) in [6.45, 7) is 5.32. The first kappa shape index (κ1) is 8.70. The Morgan fingerprint density at radius 2 is 2.46 bits per heavy atom. The zero-order chi connectivity index (χ0) is 9.26. The summed E-state index contributed by atoms with van der Waals surface area (Å²) in [7, 11) is 2.16. The minimum atomic E-state index is 0.466. The molecule has 0 aromatic carbocycles. The van der Waals surface area contributed by atoms with Gasteiger partial charge in [0.25, 0.3) is 0 Å². The monoisotopic (exact) mass is 175 g/mol. The van der Waals surface area contributed by atoms with Crippen LogP contribution in [0.15, 0.2) is 24.5 Å². The number of hydrogen-bond acceptors (Lipinski definition) is 2. The number of pyridine rings is 1. The van der Waals surface area contributed by atoms with Gasteiger partial charge < -0.3 is 0 Å². The molecule has 1 aliphatic heterocycles. The standard InChI is InChI=1S/C11H15N2/c1-9-5-7-13(2)11(9)10-4-3-6-12-8-10/h3-4,6,8-9,11H,1,5,7H2,2H3/t9-,11-/m0/s1. The maximum atomic E-state index is 4.18. The van der Waals surface area contributed by atoms with Gasteiger partial charge in [0.1, 0.15) is 0 Å². The molecule has 2 rings (SSSR count). The third-order valence-electron chi connectivity index (χ3n) is 2.80. The van der Waals surface area contributed by atoms with E-state index in [9.17, 15) is 0 Å². The lowest BCUT2D eigenvalue weighted by Gasteiger charge is -2.22. The maximum Gasteiger partial charge on any atom is 0.0388 e. The molecule has 1 saturated heterocycles. The predicted octanol–water partition coefficient (Wildman–Crippen LogP) is 1.91. The molecule has 1 aromatic heterocycles. The highest BCUT2D eigenvalue weighted by molar-refractivity contribution is 5.17. The van der Waals surface area contributed by atoms with Gasteiger partial charge in [0, 0.05) is 18.4 Å². The Bertz CT molecular complexity index is 261. The van der Waals surface area contributed by atoms with Crippen LogP contribution in [0.4, 0.5) is 0 Å². The highest BCUT2D eigenvalue weighted by Crippen LogP contribution is 2.34. The second-order valence-corrected chi connectivity index (χ2v) is 3.76. The zero-order valence-corrected chi connectivity index (χ0v) is 7.98. The van der Waals surface area contributed by atoms with Crippen molar-refractivity contribution < 1.29 is 0 Å². The van der Waals surface area contributed by atoms with Crippen LogP contribution < -0.4 is 0 Å². The van der Waals surface area contributed by atoms with Gasteiger partial charge in [0.2, 0.25) is 0 Å². The van der Waals surface area contributed by atoms with Gasteiger partial charge >= 0.3 is 0 Å². The average molecular weight is 175 g/mol. The van der Waals surface area contributed by atoms with Crippen molar-refractivity contribution in [2.24, 2.45) is 5.92 Å². The Hall–Kier alpha value is -0.890. The molecule has 2 nitrogen and oxygen atoms in total. The summed E-state index contributed by atoms with van der Waals surface area (Å²) in [4.78, 5) is 6.50. The van der Waals surface area contributed by atoms with Crippen LogP contribution >= 0.6 is 0 Å². The van der Waals surface area contributed by atoms with E-state index >= 15 is 0 Å². The number of hydrogen-bond donors (Lipinski definition) is 0. The van der Waals surface area contributed by atoms with E-state index in [1.165, 1.54) is 12.0 Å². The summed E-state index contributed by atoms with van der Waals surface area (Å²) in [6, 6.07) is 4.60. The summed E-state index contributed by atoms with van der Waals surface area (Å²) in [5.41, 5.74) is 1.29. The molecular weight excluding hydrogens is 160 g/mol. The lowest BCUT2D eigenvalue weighted by atomic mass is 9.97. The molecule has 0 amide bonds. The van der Waals surface area contributed by atoms with Crippen molar-refractivity contribution in [3.63, 3.8) is 0 Å². The van der Waals surface area contributed by atoms with Crippen molar-refractivity contribution in [3.05, 3.63) is 37.0 Å². The van der Waals surface area contributed by atoms with E-state index in [2.05, 4.69) is 29.9 Å². The van der Waals surface area contributed by atoms with Gasteiger partial charge in [-0.3, -0.25) is 9.88 Å². The first-order chi connectivity index (χ1) is 6.29. The van der Waals surface area contributed by atoms with Crippen molar-refractivity contribution in [2.45, 2.75) is 12.5 Å². The van der Waals surface area contributed by atoms with Crippen LogP contribution in [0.1, 0.15) is 18.0 Å². The minimum absolute atomic E-state index is 0.466. The fourth-order valence-electron chi connectivity index (χ4n) is 2.10. The van der Waals surface area contributed by atoms with E-state index in [0.29, 0.717) is 12.0 Å². The van der Waals surface area contributed by atoms with E-state index in [-0.39, 0.29) is 0 Å². The van der Waals surface area contributed by atoms with Crippen molar-refractivity contribution in [1.82, 2.24) is 9.88 Å². The predicted molar refractivity (Wildman–Crippen MR) is 53.1 cm³/mol. The molecule has 0 unspecified atom stereocenters. The van der Waals surface area contributed by atoms with Crippen molar-refractivity contribution in [3.8, 4) is 0 Å². The molecule has 1 radical (unpaired) electrons. The van der Waals surface area contributed by atoms with Gasteiger partial charge in [0.15, 0.2) is 0 Å². The van der Waals surface area contributed by atoms with Gasteiger partial charge in [-0.05, 0) is 44.5 Å². The van der Waals surface area contributed by atoms with Gasteiger partial charge in [-0.15, -0.1) is 0 Å². The first-order valence-corrected chi connectivity index (χ1v) is 4.72. The van der Waals surface area contributed by atoms with Crippen LogP contribution in [0.25, 0.3) is 0 Å². The Morgan fingerprint density at radius 1 is 1.62 bits per heavy atom. The highest BCUT2D eigenvalue weighted by Gasteiger charge is 2.29. The van der Waals surface area contributed by atoms with Crippen LogP contribution in [0.5, 0.6) is 0 Å². The zero-order valence-electron chi connectivity index (χ0n) is 7.98. The summed E-state index contributed by atoms with van der Waals surface area (Å²) in [6.07, 6.45) is 4.96. The van der Waals surface area contributed by atoms with Crippen molar-refractivity contribution >= 4 is 0 Å². The van der Waals surface area contributed by atoms with E-state index in [1.807, 2.05) is 18.5 Å². The van der Waals surface area contributed by atoms with E-state index in [0.717, 1.165) is 6.54 Å². The molecule has 0 spiro atoms. The van der Waals surface area contributed by atoms with E-state index < -0.39 is 0 Å². The second-order valence-electron chi connectivity index (χ2n) is 3.76. The largest absolute Gasteiger partial charge is 0.299 e. The van der Waals surface area contributed by atoms with Crippen LogP contribution in [-0.2, 0) is 0 Å². The first-order valence-electron chi connectivity index (χ1n) is 4.72. The maximum absolute atomic E-state index is 4.18. The molecular formula is C11H15N2. The SMILES string of the molecule is [CH2][C@H]1CCN(C)[C@@H]1c1cccnc1. The van der Waals surface area contributed by atoms with Gasteiger partial charge in [-0.1, -0.05) is 6.07 Å². The van der Waals surface area contributed by atoms with E-state index in [4.69, 9.17) is 0 Å². The molecule has 2 atom stereocenters. The lowest BCUT2D eigenvalue weighted by molar-refractivity contribution is 0.295. The summed E-state index contributed by atoms with van der Waals surface area (Å²) in [5.74, 6) is 0.509. The topological polar surface area (TPSA) is 16.1 Å². The van der Waals surface area contributed by atoms with Crippen molar-refractivity contribution in [1.29, 1.82) is 0 Å². The fraction of sp³-hybridized carbons (Fsp3) is 0.455. The lowest BCUT2D eigenvalue weighted by Crippen LogP contribution is -2.20. The fourth-order valence-corrected chi connectivity index (χ4v) is 2.10. The summed E-state index contributed by atoms with van der Waals surface area (Å²) >= 11 is 0. The van der Waals surface area contributed by atoms with Crippen molar-refractivity contribution in [2.75, 3.05) is 13.6 Å². The summed E-state index contributed by atoms with van der Waals surface area (Å²) < 4.78 is 0. The molecule has 2 heterocycles. The van der Waals surface area contributed by atoms with Crippen LogP contribution in [-0.4, -0.2) is 23.5 Å². The number of aromatic nitrogens is 1. The van der Waals surface area contributed by atoms with Gasteiger partial charge in [0.05, 0.1) is 0 Å². The molecule has 1 aromatic rings. The second kappa shape index (κ2) is 3.46. The highest BCUT2D eigenvalue weighted by atomic mass is 15.2. The number of likely N-dealkylation sites (tertiary alicyclic amines) is 1. The Kier molecular flexibility index (Phi) is 2.32. The molecule has 0 aliphatic carbocycles. The van der Waals surface area contributed by atoms with Crippen LogP contribution in [0, 0.1) is 12.8 Å². The molecule has 1 aliphatic rings. The minimum Gasteiger partial charge on any atom is -0.299 e. The van der Waals surface area contributed by atoms with Crippen LogP contribution in [0.2, 0.25) is 0 Å².